The number of nitrogens with zero attached hydrogens (tertiary/aromatic N) is 2. The van der Waals surface area contributed by atoms with Gasteiger partial charge in [-0.05, 0) is 28.5 Å². The van der Waals surface area contributed by atoms with Crippen LogP contribution in [0.4, 0.5) is 0 Å². The zero-order valence-corrected chi connectivity index (χ0v) is 18.4. The third-order valence-electron chi connectivity index (χ3n) is 4.90. The Kier molecular flexibility index (Phi) is 5.05. The zero-order chi connectivity index (χ0) is 20.2. The van der Waals surface area contributed by atoms with Gasteiger partial charge >= 0.3 is 0 Å². The molecular weight excluding hydrogens is 467 g/mol. The second kappa shape index (κ2) is 7.76. The summed E-state index contributed by atoms with van der Waals surface area (Å²) in [5, 5.41) is 8.71. The van der Waals surface area contributed by atoms with Crippen LogP contribution in [0.3, 0.4) is 0 Å². The van der Waals surface area contributed by atoms with Crippen LogP contribution in [0.25, 0.3) is 31.0 Å². The van der Waals surface area contributed by atoms with Crippen molar-refractivity contribution in [3.05, 3.63) is 68.3 Å². The largest absolute Gasteiger partial charge is 0.320 e. The Morgan fingerprint density at radius 1 is 0.806 bits per heavy atom. The molecule has 0 spiro atoms. The zero-order valence-electron chi connectivity index (χ0n) is 15.2. The van der Waals surface area contributed by atoms with Gasteiger partial charge in [0.2, 0.25) is 0 Å². The van der Waals surface area contributed by atoms with Crippen molar-refractivity contribution in [1.82, 2.24) is 15.3 Å². The number of thiophene rings is 2. The summed E-state index contributed by atoms with van der Waals surface area (Å²) in [7, 11) is 0. The molecular formula is C22H15N3O2S4. The minimum Gasteiger partial charge on any atom is -0.320 e. The van der Waals surface area contributed by atoms with Crippen molar-refractivity contribution in [1.29, 1.82) is 0 Å². The predicted molar refractivity (Wildman–Crippen MR) is 129 cm³/mol. The van der Waals surface area contributed by atoms with Gasteiger partial charge in [-0.2, -0.15) is 0 Å². The summed E-state index contributed by atoms with van der Waals surface area (Å²) in [6.45, 7) is 0. The first-order valence-electron chi connectivity index (χ1n) is 9.01. The monoisotopic (exact) mass is 481 g/mol. The number of hydrogen-bond donors (Lipinski definition) is 1. The van der Waals surface area contributed by atoms with Crippen LogP contribution in [-0.2, 0) is 9.59 Å². The highest BCUT2D eigenvalue weighted by Crippen LogP contribution is 2.45. The highest BCUT2D eigenvalue weighted by molar-refractivity contribution is 7.22. The second-order valence-corrected chi connectivity index (χ2v) is 10.6. The highest BCUT2D eigenvalue weighted by Gasteiger charge is 2.41. The summed E-state index contributed by atoms with van der Waals surface area (Å²) in [4.78, 5) is 38.6. The third-order valence-corrected chi connectivity index (χ3v) is 9.05. The van der Waals surface area contributed by atoms with Gasteiger partial charge in [-0.15, -0.1) is 45.3 Å². The number of carbonyl (C=O) groups is 2. The average Bonchev–Trinajstić information content (AvgIpc) is 3.54. The fourth-order valence-corrected chi connectivity index (χ4v) is 7.10. The van der Waals surface area contributed by atoms with E-state index in [0.717, 1.165) is 35.1 Å². The van der Waals surface area contributed by atoms with E-state index in [1.807, 2.05) is 35.0 Å². The molecule has 0 radical (unpaired) electrons. The molecule has 31 heavy (non-hydrogen) atoms. The smallest absolute Gasteiger partial charge is 0.256 e. The molecule has 5 nitrogen and oxygen atoms in total. The molecule has 1 N–H and O–H groups in total. The van der Waals surface area contributed by atoms with Crippen LogP contribution >= 0.6 is 45.3 Å². The summed E-state index contributed by atoms with van der Waals surface area (Å²) in [6, 6.07) is 8.00. The standard InChI is InChI=1S/C21H11N3O2S4.CH4/c25-11-7-10(14-8-22-20(29-14)12-3-1-5-27-12)16-17(11)18(24-19(16)26)15-9-23-21(30-15)13-4-2-6-28-13;/h1-6,8-9H,7H2,(H,24,26);1H4. The Labute approximate surface area is 194 Å². The summed E-state index contributed by atoms with van der Waals surface area (Å²) >= 11 is 6.24. The number of allylic oxidation sites excluding steroid dienone is 1. The fourth-order valence-electron chi connectivity index (χ4n) is 3.61. The first-order valence-corrected chi connectivity index (χ1v) is 12.4. The summed E-state index contributed by atoms with van der Waals surface area (Å²) in [5.74, 6) is -0.261. The van der Waals surface area contributed by atoms with Crippen molar-refractivity contribution in [2.45, 2.75) is 13.8 Å². The molecule has 2 aliphatic rings. The van der Waals surface area contributed by atoms with E-state index < -0.39 is 0 Å². The van der Waals surface area contributed by atoms with E-state index in [1.165, 1.54) is 22.7 Å². The van der Waals surface area contributed by atoms with Gasteiger partial charge in [0.1, 0.15) is 10.0 Å². The van der Waals surface area contributed by atoms with Gasteiger partial charge in [-0.1, -0.05) is 19.6 Å². The first-order chi connectivity index (χ1) is 14.7. The molecule has 4 aromatic heterocycles. The number of amides is 1. The maximum Gasteiger partial charge on any atom is 0.256 e. The number of nitrogens with one attached hydrogen (secondary N) is 1. The Balaban J connectivity index is 0.00000204. The van der Waals surface area contributed by atoms with E-state index in [4.69, 9.17) is 0 Å². The molecule has 1 amide bonds. The van der Waals surface area contributed by atoms with Gasteiger partial charge < -0.3 is 5.32 Å². The number of thiazole rings is 2. The van der Waals surface area contributed by atoms with Crippen molar-refractivity contribution in [3.63, 3.8) is 0 Å². The van der Waals surface area contributed by atoms with Crippen LogP contribution in [0.2, 0.25) is 0 Å². The van der Waals surface area contributed by atoms with Crippen LogP contribution < -0.4 is 5.32 Å². The number of fused-ring (bicyclic) bond motifs is 1. The second-order valence-electron chi connectivity index (χ2n) is 6.67. The summed E-state index contributed by atoms with van der Waals surface area (Å²) < 4.78 is 0. The average molecular weight is 482 g/mol. The quantitative estimate of drug-likeness (QED) is 0.390. The number of rotatable bonds is 4. The summed E-state index contributed by atoms with van der Waals surface area (Å²) in [5.41, 5.74) is 2.33. The van der Waals surface area contributed by atoms with Gasteiger partial charge in [-0.25, -0.2) is 9.97 Å². The molecule has 154 valence electrons. The highest BCUT2D eigenvalue weighted by atomic mass is 32.1. The first kappa shape index (κ1) is 20.2. The number of aromatic nitrogens is 2. The summed E-state index contributed by atoms with van der Waals surface area (Å²) in [6.07, 6.45) is 3.73. The van der Waals surface area contributed by atoms with Crippen molar-refractivity contribution < 1.29 is 9.59 Å². The van der Waals surface area contributed by atoms with Gasteiger partial charge in [0.05, 0.1) is 36.4 Å². The minimum atomic E-state index is -0.224. The Morgan fingerprint density at radius 3 is 2.03 bits per heavy atom. The van der Waals surface area contributed by atoms with Crippen molar-refractivity contribution in [2.24, 2.45) is 0 Å². The molecule has 1 aliphatic heterocycles. The SMILES string of the molecule is C.O=C1CC(c2cnc(-c3cccs3)s2)=C2C(=O)NC(c3cnc(-c4cccs4)s3)=C12. The lowest BCUT2D eigenvalue weighted by molar-refractivity contribution is -0.116. The van der Waals surface area contributed by atoms with E-state index in [0.29, 0.717) is 16.8 Å². The molecule has 6 rings (SSSR count). The van der Waals surface area contributed by atoms with Gasteiger partial charge in [0.25, 0.3) is 5.91 Å². The number of hydrogen-bond acceptors (Lipinski definition) is 8. The van der Waals surface area contributed by atoms with Gasteiger partial charge in [0.15, 0.2) is 5.78 Å². The Bertz CT molecular complexity index is 1270. The molecule has 0 bridgehead atoms. The van der Waals surface area contributed by atoms with E-state index >= 15 is 0 Å². The lowest BCUT2D eigenvalue weighted by Gasteiger charge is -2.01. The van der Waals surface area contributed by atoms with Crippen LogP contribution in [0.5, 0.6) is 0 Å². The van der Waals surface area contributed by atoms with Crippen LogP contribution in [0.15, 0.2) is 58.6 Å². The minimum absolute atomic E-state index is 0. The van der Waals surface area contributed by atoms with Crippen LogP contribution in [0, 0.1) is 0 Å². The lowest BCUT2D eigenvalue weighted by atomic mass is 10.1. The fraction of sp³-hybridized carbons (Fsp3) is 0.0909. The van der Waals surface area contributed by atoms with Crippen molar-refractivity contribution in [2.75, 3.05) is 0 Å². The Morgan fingerprint density at radius 2 is 1.42 bits per heavy atom. The van der Waals surface area contributed by atoms with Crippen molar-refractivity contribution >= 4 is 68.3 Å². The molecule has 0 aromatic carbocycles. The Hall–Kier alpha value is -2.72. The van der Waals surface area contributed by atoms with E-state index in [2.05, 4.69) is 15.3 Å². The van der Waals surface area contributed by atoms with E-state index in [9.17, 15) is 9.59 Å². The number of carbonyl (C=O) groups excluding carboxylic acids is 2. The molecule has 0 saturated carbocycles. The third kappa shape index (κ3) is 3.25. The molecule has 4 aromatic rings. The van der Waals surface area contributed by atoms with Gasteiger partial charge in [0, 0.05) is 18.8 Å². The molecule has 0 saturated heterocycles. The number of Topliss-reactive ketones (excluding diaryl/α,β-unsaturated/α-hetero) is 1. The molecule has 0 unspecified atom stereocenters. The topological polar surface area (TPSA) is 72.0 Å². The maximum atomic E-state index is 12.9. The molecule has 9 heteroatoms. The van der Waals surface area contributed by atoms with E-state index in [-0.39, 0.29) is 25.5 Å². The normalized spacial score (nSPS) is 15.5. The maximum absolute atomic E-state index is 12.9. The number of ketones is 1. The molecule has 5 heterocycles. The lowest BCUT2D eigenvalue weighted by Crippen LogP contribution is -2.16. The predicted octanol–water partition coefficient (Wildman–Crippen LogP) is 5.96. The van der Waals surface area contributed by atoms with Gasteiger partial charge in [-0.3, -0.25) is 9.59 Å². The van der Waals surface area contributed by atoms with Crippen LogP contribution in [-0.4, -0.2) is 21.7 Å². The van der Waals surface area contributed by atoms with Crippen molar-refractivity contribution in [3.8, 4) is 19.8 Å². The molecule has 0 atom stereocenters. The van der Waals surface area contributed by atoms with E-state index in [1.54, 1.807) is 35.1 Å². The molecule has 1 aliphatic carbocycles. The molecule has 0 fully saturated rings. The van der Waals surface area contributed by atoms with Crippen LogP contribution in [0.1, 0.15) is 23.6 Å².